The molecule has 1 fully saturated rings. The molecule has 2 unspecified atom stereocenters. The molecular weight excluding hydrogens is 246 g/mol. The third kappa shape index (κ3) is 5.19. The summed E-state index contributed by atoms with van der Waals surface area (Å²) in [4.78, 5) is 12.0. The highest BCUT2D eigenvalue weighted by Gasteiger charge is 2.40. The Labute approximate surface area is 115 Å². The normalized spacial score (nSPS) is 20.6. The number of ether oxygens (including phenoxy) is 1. The Morgan fingerprint density at radius 1 is 1.44 bits per heavy atom. The molecule has 0 aromatic rings. The average Bonchev–Trinajstić information content (AvgIpc) is 3.08. The Kier molecular flexibility index (Phi) is 5.99. The topological polar surface area (TPSA) is 38.3 Å². The summed E-state index contributed by atoms with van der Waals surface area (Å²) in [5, 5.41) is 3.91. The van der Waals surface area contributed by atoms with Crippen molar-refractivity contribution in [2.75, 3.05) is 12.9 Å². The van der Waals surface area contributed by atoms with E-state index in [1.165, 1.54) is 20.0 Å². The summed E-state index contributed by atoms with van der Waals surface area (Å²) >= 11 is 1.94. The second-order valence-corrected chi connectivity index (χ2v) is 7.46. The molecule has 0 aromatic carbocycles. The lowest BCUT2D eigenvalue weighted by molar-refractivity contribution is -0.148. The Morgan fingerprint density at radius 2 is 2.06 bits per heavy atom. The van der Waals surface area contributed by atoms with Crippen LogP contribution in [0.4, 0.5) is 0 Å². The molecule has 18 heavy (non-hydrogen) atoms. The molecule has 4 heteroatoms. The smallest absolute Gasteiger partial charge is 0.325 e. The van der Waals surface area contributed by atoms with Crippen LogP contribution in [-0.4, -0.2) is 35.7 Å². The molecule has 106 valence electrons. The monoisotopic (exact) mass is 273 g/mol. The minimum absolute atomic E-state index is 0.133. The van der Waals surface area contributed by atoms with Crippen LogP contribution >= 0.6 is 11.8 Å². The zero-order chi connectivity index (χ0) is 13.8. The average molecular weight is 273 g/mol. The van der Waals surface area contributed by atoms with Gasteiger partial charge >= 0.3 is 5.97 Å². The Morgan fingerprint density at radius 3 is 2.50 bits per heavy atom. The van der Waals surface area contributed by atoms with E-state index in [9.17, 15) is 4.79 Å². The van der Waals surface area contributed by atoms with Gasteiger partial charge in [0.05, 0.1) is 7.11 Å². The summed E-state index contributed by atoms with van der Waals surface area (Å²) in [6.45, 7) is 8.62. The first-order valence-corrected chi connectivity index (χ1v) is 7.90. The van der Waals surface area contributed by atoms with E-state index in [4.69, 9.17) is 4.74 Å². The molecule has 3 nitrogen and oxygen atoms in total. The second kappa shape index (κ2) is 6.80. The van der Waals surface area contributed by atoms with Crippen molar-refractivity contribution in [1.82, 2.24) is 5.32 Å². The van der Waals surface area contributed by atoms with Crippen molar-refractivity contribution in [3.63, 3.8) is 0 Å². The highest BCUT2D eigenvalue weighted by Crippen LogP contribution is 2.29. The Balaban J connectivity index is 2.51. The van der Waals surface area contributed by atoms with Crippen molar-refractivity contribution in [2.24, 2.45) is 5.92 Å². The number of esters is 1. The molecule has 0 bridgehead atoms. The summed E-state index contributed by atoms with van der Waals surface area (Å²) in [6, 6.07) is 0.511. The minimum atomic E-state index is -0.528. The van der Waals surface area contributed by atoms with Gasteiger partial charge in [-0.15, -0.1) is 0 Å². The van der Waals surface area contributed by atoms with Crippen LogP contribution in [0.1, 0.15) is 47.0 Å². The molecule has 0 aromatic heterocycles. The molecule has 1 rings (SSSR count). The molecule has 0 saturated heterocycles. The number of hydrogen-bond acceptors (Lipinski definition) is 4. The fraction of sp³-hybridized carbons (Fsp3) is 0.929. The molecule has 1 saturated carbocycles. The molecule has 1 aliphatic rings. The Hall–Kier alpha value is -0.220. The molecule has 0 spiro atoms. The maximum absolute atomic E-state index is 12.0. The van der Waals surface area contributed by atoms with Crippen LogP contribution in [0.3, 0.4) is 0 Å². The molecule has 0 amide bonds. The van der Waals surface area contributed by atoms with Crippen LogP contribution in [0.15, 0.2) is 0 Å². The number of thioether (sulfide) groups is 1. The van der Waals surface area contributed by atoms with Crippen molar-refractivity contribution in [3.05, 3.63) is 0 Å². The molecule has 1 N–H and O–H groups in total. The molecule has 0 radical (unpaired) electrons. The number of carbonyl (C=O) groups excluding carboxylic acids is 1. The van der Waals surface area contributed by atoms with E-state index in [0.29, 0.717) is 17.2 Å². The lowest BCUT2D eigenvalue weighted by atomic mass is 9.96. The number of carbonyl (C=O) groups is 1. The highest BCUT2D eigenvalue weighted by molar-refractivity contribution is 7.99. The van der Waals surface area contributed by atoms with E-state index in [2.05, 4.69) is 26.1 Å². The van der Waals surface area contributed by atoms with Crippen LogP contribution in [0.5, 0.6) is 0 Å². The molecule has 1 aliphatic carbocycles. The van der Waals surface area contributed by atoms with Crippen molar-refractivity contribution < 1.29 is 9.53 Å². The fourth-order valence-corrected chi connectivity index (χ4v) is 3.26. The number of rotatable bonds is 8. The number of nitrogens with one attached hydrogen (secondary N) is 1. The maximum atomic E-state index is 12.0. The van der Waals surface area contributed by atoms with Gasteiger partial charge in [-0.2, -0.15) is 11.8 Å². The first-order valence-electron chi connectivity index (χ1n) is 6.85. The quantitative estimate of drug-likeness (QED) is 0.690. The SMILES string of the molecule is COC(=O)C(C)(CC(C)SCC(C)C)NC1CC1. The van der Waals surface area contributed by atoms with Gasteiger partial charge in [0.1, 0.15) is 5.54 Å². The second-order valence-electron chi connectivity index (χ2n) is 5.98. The molecule has 2 atom stereocenters. The van der Waals surface area contributed by atoms with Crippen LogP contribution in [0.2, 0.25) is 0 Å². The summed E-state index contributed by atoms with van der Waals surface area (Å²) in [5.41, 5.74) is -0.528. The fourth-order valence-electron chi connectivity index (χ4n) is 2.10. The summed E-state index contributed by atoms with van der Waals surface area (Å²) in [7, 11) is 1.47. The summed E-state index contributed by atoms with van der Waals surface area (Å²) < 4.78 is 4.96. The van der Waals surface area contributed by atoms with Gasteiger partial charge in [0, 0.05) is 11.3 Å². The van der Waals surface area contributed by atoms with Gasteiger partial charge < -0.3 is 4.74 Å². The van der Waals surface area contributed by atoms with Gasteiger partial charge in [-0.3, -0.25) is 10.1 Å². The first-order chi connectivity index (χ1) is 8.37. The number of methoxy groups -OCH3 is 1. The zero-order valence-electron chi connectivity index (χ0n) is 12.3. The van der Waals surface area contributed by atoms with Crippen LogP contribution in [-0.2, 0) is 9.53 Å². The van der Waals surface area contributed by atoms with E-state index in [1.807, 2.05) is 18.7 Å². The largest absolute Gasteiger partial charge is 0.468 e. The van der Waals surface area contributed by atoms with E-state index in [-0.39, 0.29) is 5.97 Å². The van der Waals surface area contributed by atoms with Crippen LogP contribution in [0.25, 0.3) is 0 Å². The predicted molar refractivity (Wildman–Crippen MR) is 78.0 cm³/mol. The summed E-state index contributed by atoms with van der Waals surface area (Å²) in [6.07, 6.45) is 3.19. The van der Waals surface area contributed by atoms with E-state index >= 15 is 0 Å². The van der Waals surface area contributed by atoms with Crippen molar-refractivity contribution in [3.8, 4) is 0 Å². The van der Waals surface area contributed by atoms with Gasteiger partial charge in [0.25, 0.3) is 0 Å². The first kappa shape index (κ1) is 15.8. The van der Waals surface area contributed by atoms with Gasteiger partial charge in [-0.05, 0) is 37.9 Å². The molecule has 0 heterocycles. The van der Waals surface area contributed by atoms with Gasteiger partial charge in [0.15, 0.2) is 0 Å². The van der Waals surface area contributed by atoms with Gasteiger partial charge in [-0.25, -0.2) is 0 Å². The van der Waals surface area contributed by atoms with Crippen molar-refractivity contribution in [1.29, 1.82) is 0 Å². The lowest BCUT2D eigenvalue weighted by Gasteiger charge is -2.30. The standard InChI is InChI=1S/C14H27NO2S/c1-10(2)9-18-11(3)8-14(4,13(16)17-5)15-12-6-7-12/h10-12,15H,6-9H2,1-5H3. The van der Waals surface area contributed by atoms with Gasteiger partial charge in [-0.1, -0.05) is 20.8 Å². The van der Waals surface area contributed by atoms with Gasteiger partial charge in [0.2, 0.25) is 0 Å². The number of hydrogen-bond donors (Lipinski definition) is 1. The van der Waals surface area contributed by atoms with Crippen LogP contribution < -0.4 is 5.32 Å². The van der Waals surface area contributed by atoms with E-state index < -0.39 is 5.54 Å². The molecular formula is C14H27NO2S. The Bertz CT molecular complexity index is 279. The highest BCUT2D eigenvalue weighted by atomic mass is 32.2. The maximum Gasteiger partial charge on any atom is 0.325 e. The third-order valence-electron chi connectivity index (χ3n) is 3.15. The van der Waals surface area contributed by atoms with Crippen molar-refractivity contribution in [2.45, 2.75) is 63.8 Å². The summed E-state index contributed by atoms with van der Waals surface area (Å²) in [5.74, 6) is 1.70. The zero-order valence-corrected chi connectivity index (χ0v) is 13.1. The third-order valence-corrected chi connectivity index (χ3v) is 4.74. The molecule has 0 aliphatic heterocycles. The lowest BCUT2D eigenvalue weighted by Crippen LogP contribution is -2.52. The van der Waals surface area contributed by atoms with E-state index in [0.717, 1.165) is 12.2 Å². The van der Waals surface area contributed by atoms with Crippen LogP contribution in [0, 0.1) is 5.92 Å². The predicted octanol–water partition coefficient (Wildman–Crippen LogP) is 2.84. The van der Waals surface area contributed by atoms with Crippen molar-refractivity contribution >= 4 is 17.7 Å². The van der Waals surface area contributed by atoms with E-state index in [1.54, 1.807) is 0 Å². The minimum Gasteiger partial charge on any atom is -0.468 e.